The molecule has 1 fully saturated rings. The van der Waals surface area contributed by atoms with E-state index in [1.807, 2.05) is 12.4 Å². The van der Waals surface area contributed by atoms with Crippen molar-refractivity contribution in [2.45, 2.75) is 45.7 Å². The maximum atomic E-state index is 5.33. The maximum Gasteiger partial charge on any atom is 0.226 e. The van der Waals surface area contributed by atoms with Crippen molar-refractivity contribution >= 4 is 0 Å². The molecule has 1 aliphatic rings. The molecule has 0 radical (unpaired) electrons. The quantitative estimate of drug-likeness (QED) is 0.771. The third-order valence-electron chi connectivity index (χ3n) is 4.59. The summed E-state index contributed by atoms with van der Waals surface area (Å²) in [6.07, 6.45) is 8.17. The molecule has 7 heteroatoms. The molecule has 0 saturated carbocycles. The second-order valence-corrected chi connectivity index (χ2v) is 6.57. The van der Waals surface area contributed by atoms with Crippen molar-refractivity contribution in [1.29, 1.82) is 0 Å². The molecule has 1 saturated heterocycles. The number of imidazole rings is 1. The zero-order valence-corrected chi connectivity index (χ0v) is 14.8. The van der Waals surface area contributed by atoms with E-state index in [9.17, 15) is 0 Å². The lowest BCUT2D eigenvalue weighted by molar-refractivity contribution is 0.237. The number of hydrogen-bond donors (Lipinski definition) is 0. The minimum atomic E-state index is 0.776. The lowest BCUT2D eigenvalue weighted by atomic mass is 10.2. The Morgan fingerprint density at radius 1 is 1.12 bits per heavy atom. The van der Waals surface area contributed by atoms with Gasteiger partial charge < -0.3 is 9.09 Å². The van der Waals surface area contributed by atoms with Crippen molar-refractivity contribution in [2.75, 3.05) is 26.2 Å². The Labute approximate surface area is 143 Å². The molecule has 3 heterocycles. The van der Waals surface area contributed by atoms with E-state index in [0.717, 1.165) is 82.5 Å². The van der Waals surface area contributed by atoms with E-state index in [1.165, 1.54) is 0 Å². The Morgan fingerprint density at radius 2 is 1.92 bits per heavy atom. The highest BCUT2D eigenvalue weighted by atomic mass is 16.5. The molecule has 0 aliphatic carbocycles. The number of hydrogen-bond acceptors (Lipinski definition) is 6. The predicted octanol–water partition coefficient (Wildman–Crippen LogP) is 1.85. The Morgan fingerprint density at radius 3 is 2.62 bits per heavy atom. The first-order valence-corrected chi connectivity index (χ1v) is 8.97. The molecule has 0 amide bonds. The fraction of sp³-hybridized carbons (Fsp3) is 0.706. The minimum Gasteiger partial charge on any atom is -0.339 e. The normalized spacial score (nSPS) is 17.2. The van der Waals surface area contributed by atoms with Gasteiger partial charge in [-0.1, -0.05) is 18.5 Å². The Hall–Kier alpha value is -1.73. The van der Waals surface area contributed by atoms with Gasteiger partial charge in [0, 0.05) is 39.0 Å². The van der Waals surface area contributed by atoms with Crippen molar-refractivity contribution in [3.8, 4) is 0 Å². The molecular formula is C17H28N6O. The van der Waals surface area contributed by atoms with Crippen LogP contribution in [-0.4, -0.2) is 55.7 Å². The molecule has 2 aromatic heterocycles. The highest BCUT2D eigenvalue weighted by Gasteiger charge is 2.18. The summed E-state index contributed by atoms with van der Waals surface area (Å²) in [5, 5.41) is 4.13. The Bertz CT molecular complexity index is 622. The smallest absolute Gasteiger partial charge is 0.226 e. The Balaban J connectivity index is 1.48. The second-order valence-electron chi connectivity index (χ2n) is 6.57. The first-order chi connectivity index (χ1) is 11.7. The van der Waals surface area contributed by atoms with Gasteiger partial charge in [0.1, 0.15) is 5.82 Å². The lowest BCUT2D eigenvalue weighted by Gasteiger charge is -2.20. The van der Waals surface area contributed by atoms with Gasteiger partial charge in [0.05, 0.1) is 13.1 Å². The van der Waals surface area contributed by atoms with E-state index in [-0.39, 0.29) is 0 Å². The summed E-state index contributed by atoms with van der Waals surface area (Å²) in [6, 6.07) is 0. The molecule has 0 aromatic carbocycles. The number of unbranched alkanes of at least 4 members (excludes halogenated alkanes) is 1. The molecule has 132 valence electrons. The summed E-state index contributed by atoms with van der Waals surface area (Å²) >= 11 is 0. The van der Waals surface area contributed by atoms with E-state index in [1.54, 1.807) is 0 Å². The second kappa shape index (κ2) is 8.39. The zero-order valence-electron chi connectivity index (χ0n) is 14.8. The molecule has 0 spiro atoms. The highest BCUT2D eigenvalue weighted by molar-refractivity contribution is 4.92. The third kappa shape index (κ3) is 4.64. The average molecular weight is 332 g/mol. The van der Waals surface area contributed by atoms with Gasteiger partial charge in [0.2, 0.25) is 5.89 Å². The molecule has 24 heavy (non-hydrogen) atoms. The van der Waals surface area contributed by atoms with Crippen LogP contribution in [-0.2, 0) is 26.6 Å². The van der Waals surface area contributed by atoms with E-state index in [4.69, 9.17) is 4.52 Å². The van der Waals surface area contributed by atoms with E-state index in [0.29, 0.717) is 0 Å². The third-order valence-corrected chi connectivity index (χ3v) is 4.59. The van der Waals surface area contributed by atoms with Gasteiger partial charge in [-0.25, -0.2) is 4.98 Å². The van der Waals surface area contributed by atoms with Crippen LogP contribution >= 0.6 is 0 Å². The Kier molecular flexibility index (Phi) is 5.98. The average Bonchev–Trinajstić information content (AvgIpc) is 3.12. The molecule has 0 bridgehead atoms. The summed E-state index contributed by atoms with van der Waals surface area (Å²) in [6.45, 7) is 8.14. The van der Waals surface area contributed by atoms with Crippen LogP contribution in [0.2, 0.25) is 0 Å². The van der Waals surface area contributed by atoms with Gasteiger partial charge in [-0.2, -0.15) is 4.98 Å². The minimum absolute atomic E-state index is 0.776. The van der Waals surface area contributed by atoms with Gasteiger partial charge >= 0.3 is 0 Å². The standard InChI is InChI=1S/C17H28N6O/c1-3-4-6-17-19-15(20-24-17)13-22-8-5-9-23(12-11-22)14-16-18-7-10-21(16)2/h7,10H,3-6,8-9,11-14H2,1-2H3. The molecule has 1 aliphatic heterocycles. The fourth-order valence-electron chi connectivity index (χ4n) is 3.07. The molecule has 0 unspecified atom stereocenters. The van der Waals surface area contributed by atoms with Crippen molar-refractivity contribution in [3.63, 3.8) is 0 Å². The number of aromatic nitrogens is 4. The fourth-order valence-corrected chi connectivity index (χ4v) is 3.07. The van der Waals surface area contributed by atoms with Crippen LogP contribution < -0.4 is 0 Å². The number of aryl methyl sites for hydroxylation is 2. The van der Waals surface area contributed by atoms with Gasteiger partial charge in [0.25, 0.3) is 0 Å². The van der Waals surface area contributed by atoms with Crippen LogP contribution in [0.3, 0.4) is 0 Å². The summed E-state index contributed by atoms with van der Waals surface area (Å²) in [5.74, 6) is 2.72. The monoisotopic (exact) mass is 332 g/mol. The molecular weight excluding hydrogens is 304 g/mol. The number of nitrogens with zero attached hydrogens (tertiary/aromatic N) is 6. The van der Waals surface area contributed by atoms with Crippen LogP contribution in [0.4, 0.5) is 0 Å². The molecule has 0 atom stereocenters. The lowest BCUT2D eigenvalue weighted by Crippen LogP contribution is -2.31. The molecule has 0 N–H and O–H groups in total. The van der Waals surface area contributed by atoms with Crippen molar-refractivity contribution < 1.29 is 4.52 Å². The summed E-state index contributed by atoms with van der Waals surface area (Å²) in [5.41, 5.74) is 0. The topological polar surface area (TPSA) is 63.2 Å². The van der Waals surface area contributed by atoms with Gasteiger partial charge in [0.15, 0.2) is 5.82 Å². The largest absolute Gasteiger partial charge is 0.339 e. The number of rotatable bonds is 7. The summed E-state index contributed by atoms with van der Waals surface area (Å²) < 4.78 is 7.43. The molecule has 3 rings (SSSR count). The van der Waals surface area contributed by atoms with Crippen LogP contribution in [0.1, 0.15) is 43.7 Å². The predicted molar refractivity (Wildman–Crippen MR) is 91.3 cm³/mol. The first-order valence-electron chi connectivity index (χ1n) is 8.97. The SMILES string of the molecule is CCCCc1nc(CN2CCCN(Cc3nccn3C)CC2)no1. The highest BCUT2D eigenvalue weighted by Crippen LogP contribution is 2.10. The van der Waals surface area contributed by atoms with Crippen molar-refractivity contribution in [1.82, 2.24) is 29.5 Å². The van der Waals surface area contributed by atoms with Crippen LogP contribution in [0.15, 0.2) is 16.9 Å². The first kappa shape index (κ1) is 17.1. The van der Waals surface area contributed by atoms with Gasteiger partial charge in [-0.3, -0.25) is 9.80 Å². The molecule has 2 aromatic rings. The molecule has 7 nitrogen and oxygen atoms in total. The summed E-state index contributed by atoms with van der Waals surface area (Å²) in [7, 11) is 2.05. The van der Waals surface area contributed by atoms with Crippen molar-refractivity contribution in [2.24, 2.45) is 7.05 Å². The van der Waals surface area contributed by atoms with E-state index < -0.39 is 0 Å². The van der Waals surface area contributed by atoms with Crippen molar-refractivity contribution in [3.05, 3.63) is 29.9 Å². The van der Waals surface area contributed by atoms with Crippen LogP contribution in [0, 0.1) is 0 Å². The van der Waals surface area contributed by atoms with E-state index >= 15 is 0 Å². The summed E-state index contributed by atoms with van der Waals surface area (Å²) in [4.78, 5) is 13.8. The zero-order chi connectivity index (χ0) is 16.8. The van der Waals surface area contributed by atoms with Crippen LogP contribution in [0.25, 0.3) is 0 Å². The van der Waals surface area contributed by atoms with Crippen LogP contribution in [0.5, 0.6) is 0 Å². The van der Waals surface area contributed by atoms with Gasteiger partial charge in [-0.05, 0) is 25.9 Å². The van der Waals surface area contributed by atoms with E-state index in [2.05, 4.69) is 43.5 Å². The maximum absolute atomic E-state index is 5.33. The van der Waals surface area contributed by atoms with Gasteiger partial charge in [-0.15, -0.1) is 0 Å².